The van der Waals surface area contributed by atoms with E-state index in [0.29, 0.717) is 11.1 Å². The zero-order chi connectivity index (χ0) is 14.4. The molecule has 2 aromatic carbocycles. The highest BCUT2D eigenvalue weighted by Crippen LogP contribution is 2.32. The summed E-state index contributed by atoms with van der Waals surface area (Å²) in [5, 5.41) is 18.4. The third kappa shape index (κ3) is 2.66. The molecule has 0 amide bonds. The second kappa shape index (κ2) is 6.18. The molecule has 94 valence electrons. The number of rotatable bonds is 3. The van der Waals surface area contributed by atoms with Gasteiger partial charge in [-0.3, -0.25) is 0 Å². The van der Waals surface area contributed by atoms with Crippen LogP contribution in [0.1, 0.15) is 11.1 Å². The maximum absolute atomic E-state index is 9.18. The van der Waals surface area contributed by atoms with Crippen molar-refractivity contribution < 1.29 is 0 Å². The summed E-state index contributed by atoms with van der Waals surface area (Å²) in [5.74, 6) is 0. The minimum atomic E-state index is 0.0741. The lowest BCUT2D eigenvalue weighted by atomic mass is 9.90. The summed E-state index contributed by atoms with van der Waals surface area (Å²) in [4.78, 5) is 0. The van der Waals surface area contributed by atoms with E-state index in [-0.39, 0.29) is 5.57 Å². The molecule has 0 aliphatic carbocycles. The van der Waals surface area contributed by atoms with Crippen LogP contribution in [0.4, 0.5) is 0 Å². The highest BCUT2D eigenvalue weighted by atomic mass is 14.3. The quantitative estimate of drug-likeness (QED) is 0.610. The van der Waals surface area contributed by atoms with E-state index in [1.807, 2.05) is 72.8 Å². The lowest BCUT2D eigenvalue weighted by molar-refractivity contribution is 1.46. The van der Waals surface area contributed by atoms with Crippen LogP contribution in [0.2, 0.25) is 0 Å². The van der Waals surface area contributed by atoms with Gasteiger partial charge in [0.2, 0.25) is 0 Å². The number of hydrogen-bond acceptors (Lipinski definition) is 2. The van der Waals surface area contributed by atoms with Crippen LogP contribution in [0.3, 0.4) is 0 Å². The van der Waals surface area contributed by atoms with E-state index in [4.69, 9.17) is 0 Å². The third-order valence-corrected chi connectivity index (χ3v) is 2.96. The average molecular weight is 256 g/mol. The molecule has 2 rings (SSSR count). The van der Waals surface area contributed by atoms with E-state index in [2.05, 4.69) is 6.58 Å². The van der Waals surface area contributed by atoms with Gasteiger partial charge in [-0.05, 0) is 16.7 Å². The molecule has 0 saturated carbocycles. The maximum atomic E-state index is 9.18. The van der Waals surface area contributed by atoms with E-state index in [1.54, 1.807) is 0 Å². The van der Waals surface area contributed by atoms with E-state index in [1.165, 1.54) is 0 Å². The van der Waals surface area contributed by atoms with Crippen LogP contribution >= 0.6 is 0 Å². The molecule has 20 heavy (non-hydrogen) atoms. The van der Waals surface area contributed by atoms with Crippen LogP contribution < -0.4 is 0 Å². The lowest BCUT2D eigenvalue weighted by Crippen LogP contribution is -1.93. The van der Waals surface area contributed by atoms with Gasteiger partial charge in [0.15, 0.2) is 0 Å². The fourth-order valence-corrected chi connectivity index (χ4v) is 1.99. The molecule has 0 heterocycles. The monoisotopic (exact) mass is 256 g/mol. The number of benzene rings is 2. The zero-order valence-electron chi connectivity index (χ0n) is 10.9. The van der Waals surface area contributed by atoms with Crippen molar-refractivity contribution in [2.45, 2.75) is 0 Å². The standard InChI is InChI=1S/C18H12N2/c1-14(15-8-4-2-5-9-15)18(17(12-19)13-20)16-10-6-3-7-11-16/h2-11H,1H2. The van der Waals surface area contributed by atoms with Crippen LogP contribution in [0.25, 0.3) is 11.1 Å². The summed E-state index contributed by atoms with van der Waals surface area (Å²) >= 11 is 0. The molecule has 0 saturated heterocycles. The molecular weight excluding hydrogens is 244 g/mol. The molecule has 0 aliphatic rings. The van der Waals surface area contributed by atoms with E-state index in [9.17, 15) is 10.5 Å². The molecule has 2 aromatic rings. The molecule has 0 radical (unpaired) electrons. The van der Waals surface area contributed by atoms with Crippen molar-refractivity contribution in [3.8, 4) is 12.1 Å². The minimum absolute atomic E-state index is 0.0741. The Hall–Kier alpha value is -3.10. The number of nitriles is 2. The van der Waals surface area contributed by atoms with E-state index >= 15 is 0 Å². The van der Waals surface area contributed by atoms with Gasteiger partial charge in [-0.25, -0.2) is 0 Å². The van der Waals surface area contributed by atoms with Crippen molar-refractivity contribution in [1.29, 1.82) is 10.5 Å². The summed E-state index contributed by atoms with van der Waals surface area (Å²) in [6.07, 6.45) is 0. The molecule has 0 N–H and O–H groups in total. The van der Waals surface area contributed by atoms with Gasteiger partial charge in [-0.1, -0.05) is 67.2 Å². The molecular formula is C18H12N2. The van der Waals surface area contributed by atoms with Gasteiger partial charge in [0.1, 0.15) is 17.7 Å². The molecule has 0 aliphatic heterocycles. The summed E-state index contributed by atoms with van der Waals surface area (Å²) in [5.41, 5.74) is 3.05. The topological polar surface area (TPSA) is 47.6 Å². The molecule has 0 aromatic heterocycles. The Bertz CT molecular complexity index is 710. The SMILES string of the molecule is C=C(C(=C(C#N)C#N)c1ccccc1)c1ccccc1. The van der Waals surface area contributed by atoms with Crippen LogP contribution in [0, 0.1) is 22.7 Å². The molecule has 0 atom stereocenters. The van der Waals surface area contributed by atoms with E-state index in [0.717, 1.165) is 11.1 Å². The smallest absolute Gasteiger partial charge is 0.138 e. The molecule has 0 unspecified atom stereocenters. The second-order valence-electron chi connectivity index (χ2n) is 4.18. The zero-order valence-corrected chi connectivity index (χ0v) is 10.9. The van der Waals surface area contributed by atoms with Gasteiger partial charge >= 0.3 is 0 Å². The number of nitrogens with zero attached hydrogens (tertiary/aromatic N) is 2. The van der Waals surface area contributed by atoms with Gasteiger partial charge in [-0.2, -0.15) is 10.5 Å². The molecule has 0 bridgehead atoms. The lowest BCUT2D eigenvalue weighted by Gasteiger charge is -2.11. The first kappa shape index (κ1) is 13.3. The Morgan fingerprint density at radius 1 is 0.750 bits per heavy atom. The first-order valence-corrected chi connectivity index (χ1v) is 6.12. The van der Waals surface area contributed by atoms with Crippen molar-refractivity contribution in [3.63, 3.8) is 0 Å². The highest BCUT2D eigenvalue weighted by Gasteiger charge is 2.13. The van der Waals surface area contributed by atoms with Crippen LogP contribution in [-0.4, -0.2) is 0 Å². The fourth-order valence-electron chi connectivity index (χ4n) is 1.99. The third-order valence-electron chi connectivity index (χ3n) is 2.96. The van der Waals surface area contributed by atoms with Crippen molar-refractivity contribution in [3.05, 3.63) is 83.9 Å². The van der Waals surface area contributed by atoms with Gasteiger partial charge in [0, 0.05) is 5.57 Å². The van der Waals surface area contributed by atoms with Crippen molar-refractivity contribution in [1.82, 2.24) is 0 Å². The Balaban J connectivity index is 2.62. The number of hydrogen-bond donors (Lipinski definition) is 0. The largest absolute Gasteiger partial charge is 0.192 e. The summed E-state index contributed by atoms with van der Waals surface area (Å²) in [7, 11) is 0. The molecule has 2 heteroatoms. The summed E-state index contributed by atoms with van der Waals surface area (Å²) in [6, 6.07) is 22.9. The Morgan fingerprint density at radius 3 is 1.65 bits per heavy atom. The predicted octanol–water partition coefficient (Wildman–Crippen LogP) is 4.20. The molecule has 0 spiro atoms. The van der Waals surface area contributed by atoms with Gasteiger partial charge in [0.05, 0.1) is 0 Å². The molecule has 2 nitrogen and oxygen atoms in total. The van der Waals surface area contributed by atoms with Crippen LogP contribution in [0.15, 0.2) is 72.8 Å². The summed E-state index contributed by atoms with van der Waals surface area (Å²) < 4.78 is 0. The van der Waals surface area contributed by atoms with E-state index < -0.39 is 0 Å². The van der Waals surface area contributed by atoms with Gasteiger partial charge in [-0.15, -0.1) is 0 Å². The first-order valence-electron chi connectivity index (χ1n) is 6.12. The van der Waals surface area contributed by atoms with Gasteiger partial charge in [0.25, 0.3) is 0 Å². The van der Waals surface area contributed by atoms with Crippen molar-refractivity contribution in [2.24, 2.45) is 0 Å². The normalized spacial score (nSPS) is 9.10. The Labute approximate surface area is 118 Å². The highest BCUT2D eigenvalue weighted by molar-refractivity contribution is 6.07. The number of allylic oxidation sites excluding steroid dienone is 3. The predicted molar refractivity (Wildman–Crippen MR) is 80.1 cm³/mol. The Kier molecular flexibility index (Phi) is 4.12. The minimum Gasteiger partial charge on any atom is -0.192 e. The first-order chi connectivity index (χ1) is 9.77. The second-order valence-corrected chi connectivity index (χ2v) is 4.18. The maximum Gasteiger partial charge on any atom is 0.138 e. The van der Waals surface area contributed by atoms with Crippen molar-refractivity contribution in [2.75, 3.05) is 0 Å². The van der Waals surface area contributed by atoms with Crippen LogP contribution in [-0.2, 0) is 0 Å². The van der Waals surface area contributed by atoms with Gasteiger partial charge < -0.3 is 0 Å². The fraction of sp³-hybridized carbons (Fsp3) is 0. The summed E-state index contributed by atoms with van der Waals surface area (Å²) in [6.45, 7) is 4.06. The Morgan fingerprint density at radius 2 is 1.20 bits per heavy atom. The molecule has 0 fully saturated rings. The van der Waals surface area contributed by atoms with Crippen molar-refractivity contribution >= 4 is 11.1 Å². The van der Waals surface area contributed by atoms with Crippen LogP contribution in [0.5, 0.6) is 0 Å². The average Bonchev–Trinajstić information content (AvgIpc) is 2.53.